The van der Waals surface area contributed by atoms with E-state index in [0.717, 1.165) is 0 Å². The van der Waals surface area contributed by atoms with E-state index in [4.69, 9.17) is 0 Å². The SMILES string of the molecule is C=CC[C@@]1(C)CCCN1S(=O)(=O)C(F)(F)F. The first-order chi connectivity index (χ1) is 7.15. The molecule has 1 saturated heterocycles. The van der Waals surface area contributed by atoms with Crippen LogP contribution in [0.5, 0.6) is 0 Å². The van der Waals surface area contributed by atoms with Gasteiger partial charge in [0, 0.05) is 12.1 Å². The summed E-state index contributed by atoms with van der Waals surface area (Å²) in [4.78, 5) is 0. The third-order valence-electron chi connectivity index (χ3n) is 2.85. The fourth-order valence-electron chi connectivity index (χ4n) is 2.05. The molecule has 0 aliphatic carbocycles. The Kier molecular flexibility index (Phi) is 3.40. The number of alkyl halides is 3. The summed E-state index contributed by atoms with van der Waals surface area (Å²) < 4.78 is 60.4. The Bertz CT molecular complexity index is 377. The molecule has 1 rings (SSSR count). The van der Waals surface area contributed by atoms with Crippen molar-refractivity contribution < 1.29 is 21.6 Å². The zero-order valence-corrected chi connectivity index (χ0v) is 9.74. The standard InChI is InChI=1S/C9H14F3NO2S/c1-3-5-8(2)6-4-7-13(8)16(14,15)9(10,11)12/h3H,1,4-7H2,2H3/t8-/m0/s1. The molecule has 0 bridgehead atoms. The summed E-state index contributed by atoms with van der Waals surface area (Å²) in [5.41, 5.74) is -6.21. The molecule has 1 atom stereocenters. The van der Waals surface area contributed by atoms with Gasteiger partial charge in [-0.05, 0) is 26.2 Å². The van der Waals surface area contributed by atoms with Gasteiger partial charge in [0.25, 0.3) is 0 Å². The highest BCUT2D eigenvalue weighted by Crippen LogP contribution is 2.39. The van der Waals surface area contributed by atoms with Crippen LogP contribution in [0.4, 0.5) is 13.2 Å². The summed E-state index contributed by atoms with van der Waals surface area (Å²) in [5.74, 6) is 0. The van der Waals surface area contributed by atoms with Crippen LogP contribution in [-0.2, 0) is 10.0 Å². The molecule has 3 nitrogen and oxygen atoms in total. The minimum Gasteiger partial charge on any atom is -0.203 e. The Morgan fingerprint density at radius 3 is 2.50 bits per heavy atom. The molecule has 0 aromatic rings. The summed E-state index contributed by atoms with van der Waals surface area (Å²) in [7, 11) is -5.22. The molecule has 0 amide bonds. The van der Waals surface area contributed by atoms with Crippen molar-refractivity contribution >= 4 is 10.0 Å². The molecule has 0 unspecified atom stereocenters. The summed E-state index contributed by atoms with van der Waals surface area (Å²) >= 11 is 0. The number of hydrogen-bond donors (Lipinski definition) is 0. The normalized spacial score (nSPS) is 28.2. The van der Waals surface area contributed by atoms with Crippen molar-refractivity contribution in [3.05, 3.63) is 12.7 Å². The van der Waals surface area contributed by atoms with E-state index < -0.39 is 21.1 Å². The van der Waals surface area contributed by atoms with E-state index in [-0.39, 0.29) is 13.0 Å². The number of sulfonamides is 1. The first-order valence-electron chi connectivity index (χ1n) is 4.85. The van der Waals surface area contributed by atoms with E-state index in [2.05, 4.69) is 6.58 Å². The largest absolute Gasteiger partial charge is 0.511 e. The second kappa shape index (κ2) is 4.03. The van der Waals surface area contributed by atoms with Crippen molar-refractivity contribution in [2.24, 2.45) is 0 Å². The van der Waals surface area contributed by atoms with Crippen LogP contribution in [0.25, 0.3) is 0 Å². The molecular formula is C9H14F3NO2S. The van der Waals surface area contributed by atoms with Gasteiger partial charge in [0.2, 0.25) is 0 Å². The second-order valence-corrected chi connectivity index (χ2v) is 5.97. The van der Waals surface area contributed by atoms with Crippen molar-refractivity contribution in [1.29, 1.82) is 0 Å². The van der Waals surface area contributed by atoms with Crippen molar-refractivity contribution in [2.45, 2.75) is 37.2 Å². The van der Waals surface area contributed by atoms with E-state index in [1.807, 2.05) is 0 Å². The van der Waals surface area contributed by atoms with Gasteiger partial charge >= 0.3 is 15.5 Å². The van der Waals surface area contributed by atoms with Crippen molar-refractivity contribution in [3.8, 4) is 0 Å². The topological polar surface area (TPSA) is 37.4 Å². The second-order valence-electron chi connectivity index (χ2n) is 4.12. The van der Waals surface area contributed by atoms with Gasteiger partial charge in [-0.3, -0.25) is 0 Å². The monoisotopic (exact) mass is 257 g/mol. The molecule has 1 aliphatic heterocycles. The van der Waals surface area contributed by atoms with Gasteiger partial charge < -0.3 is 0 Å². The van der Waals surface area contributed by atoms with Gasteiger partial charge in [-0.25, -0.2) is 8.42 Å². The molecule has 0 aromatic carbocycles. The molecule has 1 fully saturated rings. The lowest BCUT2D eigenvalue weighted by Gasteiger charge is -2.33. The van der Waals surface area contributed by atoms with Crippen molar-refractivity contribution in [2.75, 3.05) is 6.54 Å². The molecule has 0 spiro atoms. The van der Waals surface area contributed by atoms with Gasteiger partial charge in [0.15, 0.2) is 0 Å². The molecule has 0 aromatic heterocycles. The Morgan fingerprint density at radius 2 is 2.06 bits per heavy atom. The molecule has 16 heavy (non-hydrogen) atoms. The van der Waals surface area contributed by atoms with Crippen LogP contribution < -0.4 is 0 Å². The molecule has 1 heterocycles. The van der Waals surface area contributed by atoms with Gasteiger partial charge in [-0.1, -0.05) is 6.08 Å². The number of hydrogen-bond acceptors (Lipinski definition) is 2. The molecule has 0 radical (unpaired) electrons. The highest BCUT2D eigenvalue weighted by atomic mass is 32.2. The minimum absolute atomic E-state index is 0.0772. The smallest absolute Gasteiger partial charge is 0.203 e. The van der Waals surface area contributed by atoms with Crippen molar-refractivity contribution in [1.82, 2.24) is 4.31 Å². The highest BCUT2D eigenvalue weighted by molar-refractivity contribution is 7.90. The predicted molar refractivity (Wildman–Crippen MR) is 54.1 cm³/mol. The maximum atomic E-state index is 12.4. The highest BCUT2D eigenvalue weighted by Gasteiger charge is 2.56. The van der Waals surface area contributed by atoms with E-state index in [1.165, 1.54) is 13.0 Å². The van der Waals surface area contributed by atoms with E-state index in [0.29, 0.717) is 17.1 Å². The summed E-state index contributed by atoms with van der Waals surface area (Å²) in [5, 5.41) is 0. The molecule has 0 N–H and O–H groups in total. The van der Waals surface area contributed by atoms with E-state index in [9.17, 15) is 21.6 Å². The quantitative estimate of drug-likeness (QED) is 0.727. The lowest BCUT2D eigenvalue weighted by Crippen LogP contribution is -2.49. The van der Waals surface area contributed by atoms with Crippen LogP contribution in [0.2, 0.25) is 0 Å². The lowest BCUT2D eigenvalue weighted by atomic mass is 9.96. The van der Waals surface area contributed by atoms with Crippen LogP contribution >= 0.6 is 0 Å². The lowest BCUT2D eigenvalue weighted by molar-refractivity contribution is -0.0508. The fraction of sp³-hybridized carbons (Fsp3) is 0.778. The zero-order chi connectivity index (χ0) is 12.6. The Morgan fingerprint density at radius 1 is 1.50 bits per heavy atom. The van der Waals surface area contributed by atoms with Crippen LogP contribution in [0.3, 0.4) is 0 Å². The summed E-state index contributed by atoms with van der Waals surface area (Å²) in [6.07, 6.45) is 2.54. The first kappa shape index (κ1) is 13.5. The maximum Gasteiger partial charge on any atom is 0.511 e. The van der Waals surface area contributed by atoms with Gasteiger partial charge in [0.05, 0.1) is 0 Å². The van der Waals surface area contributed by atoms with Crippen LogP contribution in [0.1, 0.15) is 26.2 Å². The Balaban J connectivity index is 3.09. The fourth-order valence-corrected chi connectivity index (χ4v) is 3.41. The third kappa shape index (κ3) is 2.10. The maximum absolute atomic E-state index is 12.4. The number of rotatable bonds is 3. The third-order valence-corrected chi connectivity index (χ3v) is 4.63. The number of nitrogens with zero attached hydrogens (tertiary/aromatic N) is 1. The number of halogens is 3. The van der Waals surface area contributed by atoms with Crippen LogP contribution in [0.15, 0.2) is 12.7 Å². The summed E-state index contributed by atoms with van der Waals surface area (Å²) in [6, 6.07) is 0. The van der Waals surface area contributed by atoms with Gasteiger partial charge in [-0.15, -0.1) is 6.58 Å². The van der Waals surface area contributed by atoms with Crippen molar-refractivity contribution in [3.63, 3.8) is 0 Å². The molecule has 1 aliphatic rings. The average molecular weight is 257 g/mol. The molecule has 0 saturated carbocycles. The minimum atomic E-state index is -5.22. The van der Waals surface area contributed by atoms with Crippen LogP contribution in [0, 0.1) is 0 Å². The van der Waals surface area contributed by atoms with Gasteiger partial charge in [0.1, 0.15) is 0 Å². The summed E-state index contributed by atoms with van der Waals surface area (Å²) in [6.45, 7) is 4.89. The zero-order valence-electron chi connectivity index (χ0n) is 8.92. The molecule has 94 valence electrons. The van der Waals surface area contributed by atoms with E-state index >= 15 is 0 Å². The van der Waals surface area contributed by atoms with E-state index in [1.54, 1.807) is 0 Å². The molecule has 7 heteroatoms. The molecular weight excluding hydrogens is 243 g/mol. The van der Waals surface area contributed by atoms with Gasteiger partial charge in [-0.2, -0.15) is 17.5 Å². The van der Waals surface area contributed by atoms with Crippen LogP contribution in [-0.4, -0.2) is 30.3 Å². The average Bonchev–Trinajstić information content (AvgIpc) is 2.46. The first-order valence-corrected chi connectivity index (χ1v) is 6.29. The predicted octanol–water partition coefficient (Wildman–Crippen LogP) is 2.27. The Hall–Kier alpha value is -0.560. The Labute approximate surface area is 93.0 Å².